The van der Waals surface area contributed by atoms with Crippen molar-refractivity contribution in [2.24, 2.45) is 0 Å². The second-order valence-electron chi connectivity index (χ2n) is 2.75. The van der Waals surface area contributed by atoms with Gasteiger partial charge in [0.1, 0.15) is 12.4 Å². The first-order valence-electron chi connectivity index (χ1n) is 3.92. The van der Waals surface area contributed by atoms with Crippen molar-refractivity contribution < 1.29 is 44.2 Å². The molecular formula is C10H7NaO3. The molecule has 0 atom stereocenters. The van der Waals surface area contributed by atoms with E-state index in [1.165, 1.54) is 12.1 Å². The van der Waals surface area contributed by atoms with E-state index >= 15 is 0 Å². The predicted molar refractivity (Wildman–Crippen MR) is 45.3 cm³/mol. The first kappa shape index (κ1) is 11.3. The summed E-state index contributed by atoms with van der Waals surface area (Å²) in [7, 11) is 0. The average Bonchev–Trinajstić information content (AvgIpc) is 2.17. The Balaban J connectivity index is 0.000000980. The fourth-order valence-corrected chi connectivity index (χ4v) is 1.24. The van der Waals surface area contributed by atoms with Gasteiger partial charge in [0.2, 0.25) is 0 Å². The van der Waals surface area contributed by atoms with Gasteiger partial charge in [0.15, 0.2) is 0 Å². The van der Waals surface area contributed by atoms with Crippen molar-refractivity contribution in [1.82, 2.24) is 0 Å². The Morgan fingerprint density at radius 2 is 2.21 bits per heavy atom. The Labute approximate surface area is 104 Å². The Bertz CT molecular complexity index is 385. The molecule has 0 spiro atoms. The summed E-state index contributed by atoms with van der Waals surface area (Å²) >= 11 is 0. The summed E-state index contributed by atoms with van der Waals surface area (Å²) in [5.41, 5.74) is 1.05. The van der Waals surface area contributed by atoms with Gasteiger partial charge in [-0.25, -0.2) is 0 Å². The van der Waals surface area contributed by atoms with Gasteiger partial charge in [0.25, 0.3) is 0 Å². The molecule has 1 aromatic rings. The van der Waals surface area contributed by atoms with Crippen molar-refractivity contribution >= 4 is 12.0 Å². The molecule has 0 saturated carbocycles. The maximum Gasteiger partial charge on any atom is 1.00 e. The maximum absolute atomic E-state index is 10.5. The van der Waals surface area contributed by atoms with Crippen LogP contribution in [0.1, 0.15) is 15.9 Å². The van der Waals surface area contributed by atoms with Gasteiger partial charge in [-0.2, -0.15) is 0 Å². The molecule has 1 aromatic carbocycles. The molecule has 1 heterocycles. The summed E-state index contributed by atoms with van der Waals surface area (Å²) in [6, 6.07) is 4.69. The minimum absolute atomic E-state index is 0. The summed E-state index contributed by atoms with van der Waals surface area (Å²) in [6.45, 7) is 0.490. The standard InChI is InChI=1S/C10H8O3.Na/c11-10(12)8-4-3-7-2-1-5-13-9(7)6-8;/h1-4,6H,5H2,(H,11,12);/q;+1/p-1. The number of carboxylic acids is 1. The van der Waals surface area contributed by atoms with Gasteiger partial charge in [0, 0.05) is 11.1 Å². The van der Waals surface area contributed by atoms with Crippen molar-refractivity contribution in [3.05, 3.63) is 35.4 Å². The molecule has 66 valence electrons. The van der Waals surface area contributed by atoms with Gasteiger partial charge < -0.3 is 14.6 Å². The van der Waals surface area contributed by atoms with Crippen LogP contribution in [0.25, 0.3) is 6.08 Å². The Morgan fingerprint density at radius 1 is 1.43 bits per heavy atom. The minimum Gasteiger partial charge on any atom is -0.545 e. The smallest absolute Gasteiger partial charge is 0.545 e. The maximum atomic E-state index is 10.5. The topological polar surface area (TPSA) is 49.4 Å². The normalized spacial score (nSPS) is 12.3. The van der Waals surface area contributed by atoms with Crippen LogP contribution < -0.4 is 39.4 Å². The molecular weight excluding hydrogens is 191 g/mol. The summed E-state index contributed by atoms with van der Waals surface area (Å²) in [5.74, 6) is -0.579. The molecule has 0 N–H and O–H groups in total. The van der Waals surface area contributed by atoms with Crippen LogP contribution in [0.4, 0.5) is 0 Å². The van der Waals surface area contributed by atoms with Gasteiger partial charge in [-0.3, -0.25) is 0 Å². The number of hydrogen-bond donors (Lipinski definition) is 0. The number of carbonyl (C=O) groups is 1. The second kappa shape index (κ2) is 4.64. The molecule has 0 unspecified atom stereocenters. The van der Waals surface area contributed by atoms with Crippen LogP contribution in [0.2, 0.25) is 0 Å². The third kappa shape index (κ3) is 2.18. The second-order valence-corrected chi connectivity index (χ2v) is 2.75. The molecule has 14 heavy (non-hydrogen) atoms. The Hall–Kier alpha value is -0.770. The first-order chi connectivity index (χ1) is 6.27. The van der Waals surface area contributed by atoms with Crippen molar-refractivity contribution in [2.45, 2.75) is 0 Å². The molecule has 0 aromatic heterocycles. The summed E-state index contributed by atoms with van der Waals surface area (Å²) in [6.07, 6.45) is 3.78. The molecule has 0 radical (unpaired) electrons. The van der Waals surface area contributed by atoms with Crippen molar-refractivity contribution in [3.63, 3.8) is 0 Å². The third-order valence-electron chi connectivity index (χ3n) is 1.88. The van der Waals surface area contributed by atoms with Gasteiger partial charge in [-0.1, -0.05) is 18.2 Å². The number of rotatable bonds is 1. The summed E-state index contributed by atoms with van der Waals surface area (Å²) < 4.78 is 5.24. The van der Waals surface area contributed by atoms with Crippen LogP contribution in [0.15, 0.2) is 24.3 Å². The number of carbonyl (C=O) groups excluding carboxylic acids is 1. The van der Waals surface area contributed by atoms with Crippen LogP contribution in [-0.4, -0.2) is 12.6 Å². The number of fused-ring (bicyclic) bond motifs is 1. The number of benzene rings is 1. The van der Waals surface area contributed by atoms with Crippen molar-refractivity contribution in [2.75, 3.05) is 6.61 Å². The Kier molecular flexibility index (Phi) is 3.75. The SMILES string of the molecule is O=C([O-])c1ccc2c(c1)OCC=C2.[Na+]. The van der Waals surface area contributed by atoms with Gasteiger partial charge in [-0.15, -0.1) is 0 Å². The quantitative estimate of drug-likeness (QED) is 0.467. The average molecular weight is 198 g/mol. The molecule has 0 aliphatic carbocycles. The largest absolute Gasteiger partial charge is 1.00 e. The summed E-state index contributed by atoms with van der Waals surface area (Å²) in [5, 5.41) is 10.5. The van der Waals surface area contributed by atoms with Crippen LogP contribution >= 0.6 is 0 Å². The fraction of sp³-hybridized carbons (Fsp3) is 0.100. The molecule has 0 amide bonds. The van der Waals surface area contributed by atoms with E-state index in [1.807, 2.05) is 12.2 Å². The third-order valence-corrected chi connectivity index (χ3v) is 1.88. The zero-order valence-corrected chi connectivity index (χ0v) is 9.82. The van der Waals surface area contributed by atoms with Crippen molar-refractivity contribution in [1.29, 1.82) is 0 Å². The summed E-state index contributed by atoms with van der Waals surface area (Å²) in [4.78, 5) is 10.5. The molecule has 0 fully saturated rings. The van der Waals surface area contributed by atoms with Crippen LogP contribution in [0.3, 0.4) is 0 Å². The van der Waals surface area contributed by atoms with E-state index in [1.54, 1.807) is 6.07 Å². The van der Waals surface area contributed by atoms with E-state index in [4.69, 9.17) is 4.74 Å². The van der Waals surface area contributed by atoms with E-state index in [9.17, 15) is 9.90 Å². The molecule has 1 aliphatic heterocycles. The molecule has 0 bridgehead atoms. The molecule has 1 aliphatic rings. The zero-order valence-electron chi connectivity index (χ0n) is 7.82. The minimum atomic E-state index is -1.18. The number of aromatic carboxylic acids is 1. The first-order valence-corrected chi connectivity index (χ1v) is 3.92. The number of carboxylic acid groups (broad SMARTS) is 1. The van der Waals surface area contributed by atoms with Gasteiger partial charge in [-0.05, 0) is 12.1 Å². The zero-order chi connectivity index (χ0) is 9.26. The number of ether oxygens (including phenoxy) is 1. The van der Waals surface area contributed by atoms with Gasteiger partial charge in [0.05, 0.1) is 5.97 Å². The van der Waals surface area contributed by atoms with Crippen LogP contribution in [-0.2, 0) is 0 Å². The van der Waals surface area contributed by atoms with Crippen LogP contribution in [0, 0.1) is 0 Å². The van der Waals surface area contributed by atoms with Gasteiger partial charge >= 0.3 is 29.6 Å². The van der Waals surface area contributed by atoms with Crippen molar-refractivity contribution in [3.8, 4) is 5.75 Å². The van der Waals surface area contributed by atoms with E-state index < -0.39 is 5.97 Å². The fourth-order valence-electron chi connectivity index (χ4n) is 1.24. The van der Waals surface area contributed by atoms with E-state index in [0.717, 1.165) is 5.56 Å². The monoisotopic (exact) mass is 198 g/mol. The van der Waals surface area contributed by atoms with E-state index in [0.29, 0.717) is 12.4 Å². The molecule has 3 nitrogen and oxygen atoms in total. The van der Waals surface area contributed by atoms with E-state index in [2.05, 4.69) is 0 Å². The van der Waals surface area contributed by atoms with E-state index in [-0.39, 0.29) is 35.1 Å². The predicted octanol–water partition coefficient (Wildman–Crippen LogP) is -2.54. The number of hydrogen-bond acceptors (Lipinski definition) is 3. The molecule has 0 saturated heterocycles. The Morgan fingerprint density at radius 3 is 2.93 bits per heavy atom. The molecule has 2 rings (SSSR count). The molecule has 4 heteroatoms. The van der Waals surface area contributed by atoms with Crippen LogP contribution in [0.5, 0.6) is 5.75 Å².